The average molecular weight is 352 g/mol. The Bertz CT molecular complexity index is 394. The highest BCUT2D eigenvalue weighted by Gasteiger charge is 2.13. The van der Waals surface area contributed by atoms with Gasteiger partial charge in [-0.1, -0.05) is 8.93 Å². The van der Waals surface area contributed by atoms with E-state index in [0.717, 1.165) is 0 Å². The van der Waals surface area contributed by atoms with Crippen molar-refractivity contribution in [2.75, 3.05) is 12.4 Å². The highest BCUT2D eigenvalue weighted by atomic mass is 127. The Hall–Kier alpha value is -0.760. The Labute approximate surface area is 109 Å². The fourth-order valence-electron chi connectivity index (χ4n) is 1.03. The molecule has 4 nitrogen and oxygen atoms in total. The number of aromatic hydroxyl groups is 1. The van der Waals surface area contributed by atoms with Crippen molar-refractivity contribution in [3.05, 3.63) is 29.3 Å². The van der Waals surface area contributed by atoms with E-state index in [-0.39, 0.29) is 17.9 Å². The molecule has 1 aromatic carbocycles. The van der Waals surface area contributed by atoms with Gasteiger partial charge in [0.2, 0.25) is 0 Å². The molecule has 86 valence electrons. The van der Waals surface area contributed by atoms with Gasteiger partial charge >= 0.3 is 5.97 Å². The number of aldehydes is 1. The number of phenolic OH excluding ortho intramolecular Hbond substituents is 1. The lowest BCUT2D eigenvalue weighted by molar-refractivity contribution is 0.0527. The van der Waals surface area contributed by atoms with E-state index in [2.05, 4.69) is 21.2 Å². The van der Waals surface area contributed by atoms with E-state index in [4.69, 9.17) is 4.74 Å². The number of halogens is 1. The molecule has 1 rings (SSSR count). The van der Waals surface area contributed by atoms with Gasteiger partial charge in [0.25, 0.3) is 0 Å². The summed E-state index contributed by atoms with van der Waals surface area (Å²) in [5, 5.41) is 9.43. The van der Waals surface area contributed by atoms with Crippen LogP contribution in [0.1, 0.15) is 20.7 Å². The molecule has 0 aliphatic heterocycles. The second kappa shape index (κ2) is 6.74. The average Bonchev–Trinajstić information content (AvgIpc) is 2.30. The van der Waals surface area contributed by atoms with Gasteiger partial charge in [0.1, 0.15) is 24.2 Å². The molecule has 0 spiro atoms. The van der Waals surface area contributed by atoms with Gasteiger partial charge in [-0.05, 0) is 39.4 Å². The van der Waals surface area contributed by atoms with Gasteiger partial charge in [0, 0.05) is 11.3 Å². The van der Waals surface area contributed by atoms with Crippen LogP contribution in [0.5, 0.6) is 5.75 Å². The molecule has 0 amide bonds. The minimum atomic E-state index is -0.619. The van der Waals surface area contributed by atoms with E-state index in [9.17, 15) is 14.7 Å². The molecule has 0 atom stereocenters. The van der Waals surface area contributed by atoms with Crippen LogP contribution in [0.25, 0.3) is 0 Å². The Morgan fingerprint density at radius 1 is 1.56 bits per heavy atom. The van der Waals surface area contributed by atoms with Crippen LogP contribution in [0.2, 0.25) is 0 Å². The van der Waals surface area contributed by atoms with Crippen LogP contribution in [0, 0.1) is 0 Å². The first-order chi connectivity index (χ1) is 7.69. The van der Waals surface area contributed by atoms with Gasteiger partial charge < -0.3 is 9.84 Å². The van der Waals surface area contributed by atoms with Crippen LogP contribution < -0.4 is 0 Å². The van der Waals surface area contributed by atoms with Crippen LogP contribution in [-0.2, 0) is 4.74 Å². The van der Waals surface area contributed by atoms with Crippen molar-refractivity contribution in [3.63, 3.8) is 0 Å². The monoisotopic (exact) mass is 352 g/mol. The van der Waals surface area contributed by atoms with Crippen molar-refractivity contribution < 1.29 is 19.4 Å². The smallest absolute Gasteiger partial charge is 0.341 e. The number of esters is 1. The maximum atomic E-state index is 11.5. The van der Waals surface area contributed by atoms with E-state index in [1.165, 1.54) is 27.1 Å². The maximum absolute atomic E-state index is 11.5. The fraction of sp³-hybridized carbons (Fsp3) is 0.200. The van der Waals surface area contributed by atoms with Crippen LogP contribution in [0.4, 0.5) is 0 Å². The number of ether oxygens (including phenoxy) is 1. The summed E-state index contributed by atoms with van der Waals surface area (Å²) in [7, 11) is 1.52. The number of benzene rings is 1. The number of hydrogen-bond acceptors (Lipinski definition) is 5. The summed E-state index contributed by atoms with van der Waals surface area (Å²) >= 11 is 2.10. The summed E-state index contributed by atoms with van der Waals surface area (Å²) in [4.78, 5) is 22.0. The molecule has 0 aromatic heterocycles. The highest BCUT2D eigenvalue weighted by Crippen LogP contribution is 2.19. The highest BCUT2D eigenvalue weighted by molar-refractivity contribution is 14.2. The molecule has 0 saturated carbocycles. The van der Waals surface area contributed by atoms with Crippen LogP contribution in [-0.4, -0.2) is 29.7 Å². The van der Waals surface area contributed by atoms with Crippen LogP contribution in [0.3, 0.4) is 0 Å². The zero-order valence-corrected chi connectivity index (χ0v) is 11.2. The molecule has 0 fully saturated rings. The van der Waals surface area contributed by atoms with Gasteiger partial charge in [-0.2, -0.15) is 0 Å². The molecule has 0 aliphatic carbocycles. The first-order valence-corrected chi connectivity index (χ1v) is 7.90. The standard InChI is InChI=1S/C10H9IO4S/c11-16-4-3-15-10(14)8-5-7(6-12)1-2-9(8)13/h1-2,5-6,13H,3-4H2. The second-order valence-corrected chi connectivity index (χ2v) is 5.34. The predicted molar refractivity (Wildman–Crippen MR) is 70.3 cm³/mol. The minimum Gasteiger partial charge on any atom is -0.507 e. The molecule has 1 N–H and O–H groups in total. The van der Waals surface area contributed by atoms with Crippen molar-refractivity contribution in [1.82, 2.24) is 0 Å². The summed E-state index contributed by atoms with van der Waals surface area (Å²) in [6.07, 6.45) is 0.608. The lowest BCUT2D eigenvalue weighted by Gasteiger charge is -2.05. The van der Waals surface area contributed by atoms with Crippen LogP contribution >= 0.6 is 30.1 Å². The molecule has 16 heavy (non-hydrogen) atoms. The van der Waals surface area contributed by atoms with Crippen molar-refractivity contribution in [2.45, 2.75) is 0 Å². The first-order valence-electron chi connectivity index (χ1n) is 4.38. The van der Waals surface area contributed by atoms with Gasteiger partial charge in [0.05, 0.1) is 0 Å². The molecule has 0 aliphatic rings. The Morgan fingerprint density at radius 3 is 2.94 bits per heavy atom. The number of carbonyl (C=O) groups excluding carboxylic acids is 2. The molecular formula is C10H9IO4S. The van der Waals surface area contributed by atoms with E-state index in [1.54, 1.807) is 0 Å². The lowest BCUT2D eigenvalue weighted by atomic mass is 10.1. The summed E-state index contributed by atoms with van der Waals surface area (Å²) in [6.45, 7) is 0.275. The van der Waals surface area contributed by atoms with Gasteiger partial charge in [-0.3, -0.25) is 4.79 Å². The topological polar surface area (TPSA) is 63.6 Å². The molecule has 0 radical (unpaired) electrons. The summed E-state index contributed by atoms with van der Waals surface area (Å²) in [5.41, 5.74) is 0.344. The number of hydrogen-bond donors (Lipinski definition) is 1. The zero-order valence-electron chi connectivity index (χ0n) is 8.18. The molecule has 0 unspecified atom stereocenters. The largest absolute Gasteiger partial charge is 0.507 e. The second-order valence-electron chi connectivity index (χ2n) is 2.84. The van der Waals surface area contributed by atoms with Crippen molar-refractivity contribution in [3.8, 4) is 5.75 Å². The fourth-order valence-corrected chi connectivity index (χ4v) is 1.72. The summed E-state index contributed by atoms with van der Waals surface area (Å²) < 4.78 is 4.91. The number of carbonyl (C=O) groups is 2. The third kappa shape index (κ3) is 3.67. The Morgan fingerprint density at radius 2 is 2.31 bits per heavy atom. The summed E-state index contributed by atoms with van der Waals surface area (Å²) in [6, 6.07) is 4.04. The van der Waals surface area contributed by atoms with Gasteiger partial charge in [-0.25, -0.2) is 4.79 Å². The van der Waals surface area contributed by atoms with Crippen molar-refractivity contribution in [2.24, 2.45) is 0 Å². The minimum absolute atomic E-state index is 0.0167. The molecule has 0 saturated heterocycles. The molecule has 1 aromatic rings. The normalized spacial score (nSPS) is 9.81. The van der Waals surface area contributed by atoms with E-state index >= 15 is 0 Å². The van der Waals surface area contributed by atoms with Crippen molar-refractivity contribution >= 4 is 42.4 Å². The van der Waals surface area contributed by atoms with Crippen LogP contribution in [0.15, 0.2) is 18.2 Å². The molecule has 6 heteroatoms. The number of phenols is 1. The van der Waals surface area contributed by atoms with E-state index < -0.39 is 5.97 Å². The quantitative estimate of drug-likeness (QED) is 0.382. The SMILES string of the molecule is O=Cc1ccc(O)c(C(=O)OCCSI)c1. The molecule has 0 bridgehead atoms. The summed E-state index contributed by atoms with van der Waals surface area (Å²) in [5.74, 6) is -0.121. The first kappa shape index (κ1) is 13.3. The van der Waals surface area contributed by atoms with E-state index in [0.29, 0.717) is 17.6 Å². The maximum Gasteiger partial charge on any atom is 0.341 e. The zero-order chi connectivity index (χ0) is 12.0. The van der Waals surface area contributed by atoms with Gasteiger partial charge in [-0.15, -0.1) is 0 Å². The molecule has 0 heterocycles. The van der Waals surface area contributed by atoms with E-state index in [1.807, 2.05) is 0 Å². The lowest BCUT2D eigenvalue weighted by Crippen LogP contribution is -2.08. The Balaban J connectivity index is 2.77. The van der Waals surface area contributed by atoms with Gasteiger partial charge in [0.15, 0.2) is 0 Å². The third-order valence-corrected chi connectivity index (χ3v) is 3.41. The third-order valence-electron chi connectivity index (χ3n) is 1.77. The molecular weight excluding hydrogens is 343 g/mol. The number of rotatable bonds is 5. The van der Waals surface area contributed by atoms with Crippen molar-refractivity contribution in [1.29, 1.82) is 0 Å². The predicted octanol–water partition coefficient (Wildman–Crippen LogP) is 2.44. The Kier molecular flexibility index (Phi) is 5.61.